The first kappa shape index (κ1) is 13.2. The Morgan fingerprint density at radius 3 is 2.07 bits per heavy atom. The van der Waals surface area contributed by atoms with E-state index in [4.69, 9.17) is 5.73 Å². The summed E-state index contributed by atoms with van der Waals surface area (Å²) in [4.78, 5) is 10.9. The number of hydrogen-bond acceptors (Lipinski definition) is 3. The molecule has 0 heterocycles. The highest BCUT2D eigenvalue weighted by Crippen LogP contribution is 2.21. The monoisotopic (exact) mass is 213 g/mol. The average Bonchev–Trinajstić information content (AvgIpc) is 1.79. The molecule has 0 rings (SSSR count). The molecule has 14 heavy (non-hydrogen) atoms. The number of halogens is 3. The normalized spacial score (nSPS) is 15.1. The highest BCUT2D eigenvalue weighted by atomic mass is 19.4. The lowest BCUT2D eigenvalue weighted by Gasteiger charge is -2.21. The molecule has 0 aromatic rings. The van der Waals surface area contributed by atoms with Gasteiger partial charge in [-0.3, -0.25) is 4.79 Å². The maximum Gasteiger partial charge on any atom is 0.404 e. The molecule has 0 saturated carbocycles. The molecule has 0 aliphatic heterocycles. The molecule has 6 heteroatoms. The quantitative estimate of drug-likeness (QED) is 0.709. The number of carbonyl (C=O) groups excluding carboxylic acids is 1. The van der Waals surface area contributed by atoms with E-state index >= 15 is 0 Å². The van der Waals surface area contributed by atoms with Crippen molar-refractivity contribution in [2.24, 2.45) is 5.73 Å². The van der Waals surface area contributed by atoms with Crippen molar-refractivity contribution in [2.75, 3.05) is 0 Å². The Morgan fingerprint density at radius 2 is 1.79 bits per heavy atom. The fraction of sp³-hybridized carbons (Fsp3) is 0.875. The molecule has 3 nitrogen and oxygen atoms in total. The molecule has 0 aromatic carbocycles. The summed E-state index contributed by atoms with van der Waals surface area (Å²) in [7, 11) is 0. The Hall–Kier alpha value is -0.780. The minimum absolute atomic E-state index is 0.789. The lowest BCUT2D eigenvalue weighted by Crippen LogP contribution is -2.40. The lowest BCUT2D eigenvalue weighted by atomic mass is 10.2. The van der Waals surface area contributed by atoms with Crippen molar-refractivity contribution in [3.63, 3.8) is 0 Å². The number of hydrogen-bond donors (Lipinski definition) is 1. The zero-order valence-electron chi connectivity index (χ0n) is 8.31. The van der Waals surface area contributed by atoms with Gasteiger partial charge in [0.15, 0.2) is 0 Å². The molecule has 1 atom stereocenters. The first-order valence-electron chi connectivity index (χ1n) is 4.06. The van der Waals surface area contributed by atoms with E-state index in [0.29, 0.717) is 0 Å². The van der Waals surface area contributed by atoms with Crippen LogP contribution in [0.1, 0.15) is 27.2 Å². The molecular formula is C8H14F3NO2. The third-order valence-corrected chi connectivity index (χ3v) is 1.23. The van der Waals surface area contributed by atoms with Gasteiger partial charge in [-0.15, -0.1) is 0 Å². The summed E-state index contributed by atoms with van der Waals surface area (Å²) in [6.45, 7) is 4.72. The van der Waals surface area contributed by atoms with Crippen LogP contribution in [0.15, 0.2) is 0 Å². The second kappa shape index (κ2) is 4.16. The lowest BCUT2D eigenvalue weighted by molar-refractivity contribution is -0.171. The SMILES string of the molecule is CC(C)(C)OC(=O)CC(N)C(F)(F)F. The van der Waals surface area contributed by atoms with Gasteiger partial charge < -0.3 is 10.5 Å². The fourth-order valence-electron chi connectivity index (χ4n) is 0.678. The van der Waals surface area contributed by atoms with Gasteiger partial charge in [0, 0.05) is 0 Å². The van der Waals surface area contributed by atoms with E-state index in [-0.39, 0.29) is 0 Å². The minimum Gasteiger partial charge on any atom is -0.460 e. The van der Waals surface area contributed by atoms with Crippen LogP contribution in [0.4, 0.5) is 13.2 Å². The molecule has 2 N–H and O–H groups in total. The molecular weight excluding hydrogens is 199 g/mol. The largest absolute Gasteiger partial charge is 0.460 e. The fourth-order valence-corrected chi connectivity index (χ4v) is 0.678. The van der Waals surface area contributed by atoms with Crippen LogP contribution in [0.5, 0.6) is 0 Å². The number of rotatable bonds is 2. The van der Waals surface area contributed by atoms with Crippen molar-refractivity contribution in [3.05, 3.63) is 0 Å². The number of carbonyl (C=O) groups is 1. The number of esters is 1. The molecule has 0 aliphatic rings. The zero-order valence-corrected chi connectivity index (χ0v) is 8.31. The highest BCUT2D eigenvalue weighted by molar-refractivity contribution is 5.70. The van der Waals surface area contributed by atoms with Gasteiger partial charge >= 0.3 is 12.1 Å². The Labute approximate surface area is 80.4 Å². The summed E-state index contributed by atoms with van der Waals surface area (Å²) in [6.07, 6.45) is -5.41. The smallest absolute Gasteiger partial charge is 0.404 e. The molecule has 0 radical (unpaired) electrons. The van der Waals surface area contributed by atoms with Gasteiger partial charge in [0.25, 0.3) is 0 Å². The van der Waals surface area contributed by atoms with Gasteiger partial charge in [0.2, 0.25) is 0 Å². The Morgan fingerprint density at radius 1 is 1.36 bits per heavy atom. The van der Waals surface area contributed by atoms with Crippen LogP contribution in [-0.4, -0.2) is 23.8 Å². The van der Waals surface area contributed by atoms with Crippen molar-refractivity contribution in [1.29, 1.82) is 0 Å². The summed E-state index contributed by atoms with van der Waals surface area (Å²) < 4.78 is 40.4. The Balaban J connectivity index is 4.09. The molecule has 0 spiro atoms. The second-order valence-corrected chi connectivity index (χ2v) is 3.94. The third kappa shape index (κ3) is 5.80. The van der Waals surface area contributed by atoms with E-state index in [1.165, 1.54) is 0 Å². The van der Waals surface area contributed by atoms with Gasteiger partial charge in [-0.25, -0.2) is 0 Å². The van der Waals surface area contributed by atoms with Gasteiger partial charge in [-0.1, -0.05) is 0 Å². The first-order valence-corrected chi connectivity index (χ1v) is 4.06. The maximum absolute atomic E-state index is 11.9. The Bertz CT molecular complexity index is 208. The summed E-state index contributed by atoms with van der Waals surface area (Å²) in [5, 5.41) is 0. The molecule has 0 amide bonds. The number of nitrogens with two attached hydrogens (primary N) is 1. The van der Waals surface area contributed by atoms with Crippen LogP contribution < -0.4 is 5.73 Å². The van der Waals surface area contributed by atoms with Crippen LogP contribution >= 0.6 is 0 Å². The predicted molar refractivity (Wildman–Crippen MR) is 44.5 cm³/mol. The summed E-state index contributed by atoms with van der Waals surface area (Å²) in [5.74, 6) is -0.942. The predicted octanol–water partition coefficient (Wildman–Crippen LogP) is 1.61. The summed E-state index contributed by atoms with van der Waals surface area (Å²) in [6, 6.07) is -2.16. The third-order valence-electron chi connectivity index (χ3n) is 1.23. The number of ether oxygens (including phenoxy) is 1. The average molecular weight is 213 g/mol. The Kier molecular flexibility index (Phi) is 3.93. The van der Waals surface area contributed by atoms with Crippen LogP contribution in [-0.2, 0) is 9.53 Å². The van der Waals surface area contributed by atoms with Crippen molar-refractivity contribution in [1.82, 2.24) is 0 Å². The molecule has 1 unspecified atom stereocenters. The van der Waals surface area contributed by atoms with E-state index < -0.39 is 30.2 Å². The van der Waals surface area contributed by atoms with E-state index in [1.54, 1.807) is 20.8 Å². The maximum atomic E-state index is 11.9. The van der Waals surface area contributed by atoms with E-state index in [0.717, 1.165) is 0 Å². The van der Waals surface area contributed by atoms with Crippen molar-refractivity contribution < 1.29 is 22.7 Å². The number of alkyl halides is 3. The van der Waals surface area contributed by atoms with Gasteiger partial charge in [0.1, 0.15) is 11.6 Å². The van der Waals surface area contributed by atoms with Gasteiger partial charge in [0.05, 0.1) is 6.42 Å². The second-order valence-electron chi connectivity index (χ2n) is 3.94. The summed E-state index contributed by atoms with van der Waals surface area (Å²) in [5.41, 5.74) is 3.96. The van der Waals surface area contributed by atoms with Gasteiger partial charge in [-0.2, -0.15) is 13.2 Å². The molecule has 0 saturated heterocycles. The molecule has 0 aromatic heterocycles. The summed E-state index contributed by atoms with van der Waals surface area (Å²) >= 11 is 0. The molecule has 84 valence electrons. The molecule has 0 bridgehead atoms. The molecule has 0 fully saturated rings. The van der Waals surface area contributed by atoms with Crippen molar-refractivity contribution >= 4 is 5.97 Å². The van der Waals surface area contributed by atoms with Crippen molar-refractivity contribution in [3.8, 4) is 0 Å². The first-order chi connectivity index (χ1) is 6.02. The van der Waals surface area contributed by atoms with E-state index in [1.807, 2.05) is 0 Å². The van der Waals surface area contributed by atoms with E-state index in [2.05, 4.69) is 4.74 Å². The van der Waals surface area contributed by atoms with Gasteiger partial charge in [-0.05, 0) is 20.8 Å². The van der Waals surface area contributed by atoms with E-state index in [9.17, 15) is 18.0 Å². The standard InChI is InChI=1S/C8H14F3NO2/c1-7(2,3)14-6(13)4-5(12)8(9,10)11/h5H,4,12H2,1-3H3. The van der Waals surface area contributed by atoms with Crippen LogP contribution in [0.3, 0.4) is 0 Å². The van der Waals surface area contributed by atoms with Crippen LogP contribution in [0, 0.1) is 0 Å². The molecule has 0 aliphatic carbocycles. The van der Waals surface area contributed by atoms with Crippen LogP contribution in [0.25, 0.3) is 0 Å². The topological polar surface area (TPSA) is 52.3 Å². The minimum atomic E-state index is -4.56. The van der Waals surface area contributed by atoms with Crippen LogP contribution in [0.2, 0.25) is 0 Å². The highest BCUT2D eigenvalue weighted by Gasteiger charge is 2.38. The zero-order chi connectivity index (χ0) is 11.6. The van der Waals surface area contributed by atoms with Crippen molar-refractivity contribution in [2.45, 2.75) is 45.0 Å².